The summed E-state index contributed by atoms with van der Waals surface area (Å²) in [6.07, 6.45) is -1.86. The number of benzene rings is 1. The SMILES string of the molecule is O=C(Nc1ccnc2cc(-c3cccc(C(F)(F)F)c3)nn12)c1cccc(N2CCC2)n1. The molecule has 0 unspecified atom stereocenters. The first-order valence-electron chi connectivity index (χ1n) is 9.94. The number of nitrogens with one attached hydrogen (secondary N) is 1. The summed E-state index contributed by atoms with van der Waals surface area (Å²) in [4.78, 5) is 23.5. The molecule has 1 fully saturated rings. The minimum absolute atomic E-state index is 0.254. The Kier molecular flexibility index (Phi) is 4.76. The normalized spacial score (nSPS) is 13.8. The highest BCUT2D eigenvalue weighted by atomic mass is 19.4. The minimum atomic E-state index is -4.45. The molecule has 1 aromatic carbocycles. The molecule has 4 aromatic rings. The number of halogens is 3. The van der Waals surface area contributed by atoms with Crippen molar-refractivity contribution in [3.05, 3.63) is 72.1 Å². The zero-order valence-corrected chi connectivity index (χ0v) is 16.7. The van der Waals surface area contributed by atoms with Crippen LogP contribution in [-0.4, -0.2) is 38.6 Å². The number of carbonyl (C=O) groups excluding carboxylic acids is 1. The fourth-order valence-corrected chi connectivity index (χ4v) is 3.44. The van der Waals surface area contributed by atoms with Crippen molar-refractivity contribution in [2.24, 2.45) is 0 Å². The maximum absolute atomic E-state index is 13.1. The molecule has 10 heteroatoms. The Labute approximate surface area is 180 Å². The van der Waals surface area contributed by atoms with Gasteiger partial charge in [-0.3, -0.25) is 4.79 Å². The van der Waals surface area contributed by atoms with Crippen molar-refractivity contribution >= 4 is 23.2 Å². The number of carbonyl (C=O) groups is 1. The first-order chi connectivity index (χ1) is 15.4. The average molecular weight is 438 g/mol. The van der Waals surface area contributed by atoms with Gasteiger partial charge >= 0.3 is 6.18 Å². The molecular formula is C22H17F3N6O. The molecule has 0 aliphatic carbocycles. The van der Waals surface area contributed by atoms with Gasteiger partial charge in [0.2, 0.25) is 0 Å². The summed E-state index contributed by atoms with van der Waals surface area (Å²) < 4.78 is 40.6. The molecule has 7 nitrogen and oxygen atoms in total. The second-order valence-corrected chi connectivity index (χ2v) is 7.38. The predicted molar refractivity (Wildman–Crippen MR) is 112 cm³/mol. The summed E-state index contributed by atoms with van der Waals surface area (Å²) in [6, 6.07) is 13.3. The van der Waals surface area contributed by atoms with Crippen LogP contribution in [0.4, 0.5) is 24.8 Å². The largest absolute Gasteiger partial charge is 0.416 e. The number of hydrogen-bond acceptors (Lipinski definition) is 5. The number of pyridine rings is 1. The Morgan fingerprint density at radius 3 is 2.59 bits per heavy atom. The lowest BCUT2D eigenvalue weighted by atomic mass is 10.1. The van der Waals surface area contributed by atoms with Crippen LogP contribution < -0.4 is 10.2 Å². The first kappa shape index (κ1) is 20.0. The van der Waals surface area contributed by atoms with E-state index < -0.39 is 17.6 Å². The molecule has 5 rings (SSSR count). The number of nitrogens with zero attached hydrogens (tertiary/aromatic N) is 5. The van der Waals surface area contributed by atoms with E-state index in [0.717, 1.165) is 37.5 Å². The Bertz CT molecular complexity index is 1310. The van der Waals surface area contributed by atoms with Gasteiger partial charge in [0, 0.05) is 30.9 Å². The highest BCUT2D eigenvalue weighted by Gasteiger charge is 2.30. The molecule has 0 saturated carbocycles. The Hall–Kier alpha value is -3.95. The fourth-order valence-electron chi connectivity index (χ4n) is 3.44. The molecule has 1 aliphatic rings. The Morgan fingerprint density at radius 2 is 1.84 bits per heavy atom. The minimum Gasteiger partial charge on any atom is -0.356 e. The number of alkyl halides is 3. The van der Waals surface area contributed by atoms with Gasteiger partial charge in [0.05, 0.1) is 11.3 Å². The van der Waals surface area contributed by atoms with E-state index in [4.69, 9.17) is 0 Å². The second kappa shape index (κ2) is 7.63. The zero-order valence-electron chi connectivity index (χ0n) is 16.7. The average Bonchev–Trinajstić information content (AvgIpc) is 3.18. The Morgan fingerprint density at radius 1 is 1.03 bits per heavy atom. The van der Waals surface area contributed by atoms with E-state index in [-0.39, 0.29) is 5.69 Å². The number of anilines is 2. The molecule has 0 radical (unpaired) electrons. The molecule has 162 valence electrons. The molecule has 1 aliphatic heterocycles. The summed E-state index contributed by atoms with van der Waals surface area (Å²) in [6.45, 7) is 1.82. The summed E-state index contributed by atoms with van der Waals surface area (Å²) in [5, 5.41) is 7.13. The third-order valence-electron chi connectivity index (χ3n) is 5.23. The van der Waals surface area contributed by atoms with Crippen LogP contribution in [0.15, 0.2) is 60.8 Å². The summed E-state index contributed by atoms with van der Waals surface area (Å²) in [5.74, 6) is 0.653. The van der Waals surface area contributed by atoms with Gasteiger partial charge in [0.25, 0.3) is 5.91 Å². The van der Waals surface area contributed by atoms with Gasteiger partial charge < -0.3 is 10.2 Å². The lowest BCUT2D eigenvalue weighted by Crippen LogP contribution is -2.37. The first-order valence-corrected chi connectivity index (χ1v) is 9.94. The molecule has 0 spiro atoms. The molecule has 0 atom stereocenters. The maximum Gasteiger partial charge on any atom is 0.416 e. The Balaban J connectivity index is 1.45. The van der Waals surface area contributed by atoms with Crippen molar-refractivity contribution in [1.82, 2.24) is 19.6 Å². The number of fused-ring (bicyclic) bond motifs is 1. The maximum atomic E-state index is 13.1. The lowest BCUT2D eigenvalue weighted by Gasteiger charge is -2.32. The van der Waals surface area contributed by atoms with Crippen molar-refractivity contribution < 1.29 is 18.0 Å². The van der Waals surface area contributed by atoms with Gasteiger partial charge in [-0.25, -0.2) is 9.97 Å². The summed E-state index contributed by atoms with van der Waals surface area (Å²) in [7, 11) is 0. The molecule has 32 heavy (non-hydrogen) atoms. The topological polar surface area (TPSA) is 75.4 Å². The zero-order chi connectivity index (χ0) is 22.3. The van der Waals surface area contributed by atoms with E-state index in [2.05, 4.69) is 25.3 Å². The van der Waals surface area contributed by atoms with Crippen molar-refractivity contribution in [3.63, 3.8) is 0 Å². The standard InChI is InChI=1S/C22H17F3N6O/c23-22(24,25)15-5-1-4-14(12-15)17-13-20-26-9-8-19(31(20)29-17)28-21(32)16-6-2-7-18(27-16)30-10-3-11-30/h1-2,4-9,12-13H,3,10-11H2,(H,28,32). The molecular weight excluding hydrogens is 421 g/mol. The van der Waals surface area contributed by atoms with Gasteiger partial charge in [0.15, 0.2) is 5.65 Å². The molecule has 1 amide bonds. The van der Waals surface area contributed by atoms with Crippen LogP contribution in [0.1, 0.15) is 22.5 Å². The van der Waals surface area contributed by atoms with Crippen molar-refractivity contribution in [2.75, 3.05) is 23.3 Å². The van der Waals surface area contributed by atoms with Crippen molar-refractivity contribution in [1.29, 1.82) is 0 Å². The number of aromatic nitrogens is 4. The fraction of sp³-hybridized carbons (Fsp3) is 0.182. The smallest absolute Gasteiger partial charge is 0.356 e. The van der Waals surface area contributed by atoms with E-state index >= 15 is 0 Å². The van der Waals surface area contributed by atoms with Gasteiger partial charge in [-0.05, 0) is 36.8 Å². The highest BCUT2D eigenvalue weighted by molar-refractivity contribution is 6.02. The van der Waals surface area contributed by atoms with Gasteiger partial charge in [-0.2, -0.15) is 22.8 Å². The number of amides is 1. The molecule has 1 N–H and O–H groups in total. The van der Waals surface area contributed by atoms with Crippen LogP contribution in [0, 0.1) is 0 Å². The highest BCUT2D eigenvalue weighted by Crippen LogP contribution is 2.32. The summed E-state index contributed by atoms with van der Waals surface area (Å²) in [5.41, 5.74) is 0.485. The number of rotatable bonds is 4. The summed E-state index contributed by atoms with van der Waals surface area (Å²) >= 11 is 0. The third kappa shape index (κ3) is 3.75. The van der Waals surface area contributed by atoms with Crippen LogP contribution in [-0.2, 0) is 6.18 Å². The number of hydrogen-bond donors (Lipinski definition) is 1. The van der Waals surface area contributed by atoms with Crippen molar-refractivity contribution in [3.8, 4) is 11.3 Å². The van der Waals surface area contributed by atoms with E-state index in [1.54, 1.807) is 30.3 Å². The van der Waals surface area contributed by atoms with Gasteiger partial charge in [0.1, 0.15) is 17.3 Å². The van der Waals surface area contributed by atoms with E-state index in [9.17, 15) is 18.0 Å². The van der Waals surface area contributed by atoms with Crippen LogP contribution in [0.2, 0.25) is 0 Å². The lowest BCUT2D eigenvalue weighted by molar-refractivity contribution is -0.137. The monoisotopic (exact) mass is 438 g/mol. The molecule has 3 aromatic heterocycles. The van der Waals surface area contributed by atoms with Crippen molar-refractivity contribution in [2.45, 2.75) is 12.6 Å². The van der Waals surface area contributed by atoms with E-state index in [1.165, 1.54) is 16.8 Å². The quantitative estimate of drug-likeness (QED) is 0.515. The van der Waals surface area contributed by atoms with Gasteiger partial charge in [-0.15, -0.1) is 0 Å². The predicted octanol–water partition coefficient (Wildman–Crippen LogP) is 4.27. The van der Waals surface area contributed by atoms with E-state index in [1.807, 2.05) is 6.07 Å². The van der Waals surface area contributed by atoms with Crippen LogP contribution >= 0.6 is 0 Å². The molecule has 1 saturated heterocycles. The third-order valence-corrected chi connectivity index (χ3v) is 5.23. The van der Waals surface area contributed by atoms with Crippen LogP contribution in [0.5, 0.6) is 0 Å². The van der Waals surface area contributed by atoms with Gasteiger partial charge in [-0.1, -0.05) is 18.2 Å². The van der Waals surface area contributed by atoms with Crippen LogP contribution in [0.25, 0.3) is 16.9 Å². The second-order valence-electron chi connectivity index (χ2n) is 7.38. The molecule has 4 heterocycles. The van der Waals surface area contributed by atoms with E-state index in [0.29, 0.717) is 22.7 Å². The molecule has 0 bridgehead atoms. The van der Waals surface area contributed by atoms with Crippen LogP contribution in [0.3, 0.4) is 0 Å².